The second-order valence-corrected chi connectivity index (χ2v) is 6.29. The van der Waals surface area contributed by atoms with E-state index in [0.29, 0.717) is 31.4 Å². The highest BCUT2D eigenvalue weighted by Crippen LogP contribution is 2.32. The number of carbonyl (C=O) groups is 1. The predicted octanol–water partition coefficient (Wildman–Crippen LogP) is 0.706. The van der Waals surface area contributed by atoms with Crippen LogP contribution in [0.1, 0.15) is 10.5 Å². The number of aromatic nitrogens is 3. The molecule has 2 saturated heterocycles. The number of amides is 1. The summed E-state index contributed by atoms with van der Waals surface area (Å²) in [7, 11) is 0. The molecule has 2 fully saturated rings. The van der Waals surface area contributed by atoms with E-state index in [0.717, 1.165) is 12.4 Å². The van der Waals surface area contributed by atoms with Gasteiger partial charge in [0.15, 0.2) is 5.82 Å². The smallest absolute Gasteiger partial charge is 0.271 e. The van der Waals surface area contributed by atoms with Crippen LogP contribution in [0.2, 0.25) is 0 Å². The summed E-state index contributed by atoms with van der Waals surface area (Å²) in [6, 6.07) is 0.00606. The van der Waals surface area contributed by atoms with Crippen LogP contribution < -0.4 is 10.2 Å². The largest absolute Gasteiger partial charge is 0.379 e. The Hall–Kier alpha value is -2.13. The SMILES string of the molecule is O=C(N[C@@H]1CN(c2ncc(F)cn2)[C@@H]2COC[C@@H]21)c1cscn1. The van der Waals surface area contributed by atoms with Crippen LogP contribution in [0.4, 0.5) is 10.3 Å². The number of fused-ring (bicyclic) bond motifs is 1. The van der Waals surface area contributed by atoms with Crippen molar-refractivity contribution in [1.29, 1.82) is 0 Å². The minimum atomic E-state index is -0.472. The van der Waals surface area contributed by atoms with Gasteiger partial charge in [-0.2, -0.15) is 0 Å². The number of nitrogens with zero attached hydrogens (tertiary/aromatic N) is 4. The van der Waals surface area contributed by atoms with Crippen molar-refractivity contribution in [1.82, 2.24) is 20.3 Å². The Kier molecular flexibility index (Phi) is 3.66. The Morgan fingerprint density at radius 2 is 2.17 bits per heavy atom. The number of hydrogen-bond acceptors (Lipinski definition) is 7. The van der Waals surface area contributed by atoms with Crippen LogP contribution in [-0.4, -0.2) is 52.7 Å². The predicted molar refractivity (Wildman–Crippen MR) is 80.8 cm³/mol. The molecule has 23 heavy (non-hydrogen) atoms. The lowest BCUT2D eigenvalue weighted by Crippen LogP contribution is -2.41. The van der Waals surface area contributed by atoms with E-state index in [4.69, 9.17) is 4.74 Å². The van der Waals surface area contributed by atoms with E-state index in [2.05, 4.69) is 20.3 Å². The first-order valence-corrected chi connectivity index (χ1v) is 8.17. The molecule has 7 nitrogen and oxygen atoms in total. The van der Waals surface area contributed by atoms with Crippen LogP contribution in [0.5, 0.6) is 0 Å². The zero-order valence-electron chi connectivity index (χ0n) is 12.1. The number of ether oxygens (including phenoxy) is 1. The normalized spacial score (nSPS) is 26.3. The van der Waals surface area contributed by atoms with E-state index in [1.807, 2.05) is 4.90 Å². The van der Waals surface area contributed by atoms with Crippen LogP contribution >= 0.6 is 11.3 Å². The molecule has 120 valence electrons. The quantitative estimate of drug-likeness (QED) is 0.890. The van der Waals surface area contributed by atoms with Crippen LogP contribution in [0.15, 0.2) is 23.3 Å². The molecule has 2 aliphatic rings. The van der Waals surface area contributed by atoms with Crippen molar-refractivity contribution in [2.24, 2.45) is 5.92 Å². The lowest BCUT2D eigenvalue weighted by molar-refractivity contribution is 0.0919. The Morgan fingerprint density at radius 3 is 2.91 bits per heavy atom. The van der Waals surface area contributed by atoms with E-state index in [1.54, 1.807) is 10.9 Å². The first-order valence-electron chi connectivity index (χ1n) is 7.23. The van der Waals surface area contributed by atoms with E-state index in [-0.39, 0.29) is 23.9 Å². The van der Waals surface area contributed by atoms with Gasteiger partial charge in [-0.15, -0.1) is 11.3 Å². The molecule has 4 rings (SSSR count). The van der Waals surface area contributed by atoms with Gasteiger partial charge in [0.1, 0.15) is 5.69 Å². The first kappa shape index (κ1) is 14.5. The molecule has 0 radical (unpaired) electrons. The van der Waals surface area contributed by atoms with E-state index in [1.165, 1.54) is 11.3 Å². The van der Waals surface area contributed by atoms with Crippen molar-refractivity contribution in [3.8, 4) is 0 Å². The molecular weight excluding hydrogens is 321 g/mol. The summed E-state index contributed by atoms with van der Waals surface area (Å²) in [6.07, 6.45) is 2.29. The Morgan fingerprint density at radius 1 is 1.35 bits per heavy atom. The molecule has 1 amide bonds. The number of anilines is 1. The third-order valence-corrected chi connectivity index (χ3v) is 4.84. The fraction of sp³-hybridized carbons (Fsp3) is 0.429. The second kappa shape index (κ2) is 5.82. The van der Waals surface area contributed by atoms with Gasteiger partial charge in [-0.25, -0.2) is 19.3 Å². The van der Waals surface area contributed by atoms with Gasteiger partial charge in [-0.1, -0.05) is 0 Å². The van der Waals surface area contributed by atoms with Gasteiger partial charge in [-0.3, -0.25) is 4.79 Å². The summed E-state index contributed by atoms with van der Waals surface area (Å²) in [5.74, 6) is -0.0483. The van der Waals surface area contributed by atoms with Crippen molar-refractivity contribution >= 4 is 23.2 Å². The summed E-state index contributed by atoms with van der Waals surface area (Å²) >= 11 is 1.38. The van der Waals surface area contributed by atoms with Crippen molar-refractivity contribution in [3.63, 3.8) is 0 Å². The highest BCUT2D eigenvalue weighted by Gasteiger charge is 2.47. The molecular formula is C14H14FN5O2S. The molecule has 4 heterocycles. The molecule has 0 saturated carbocycles. The lowest BCUT2D eigenvalue weighted by atomic mass is 10.00. The average molecular weight is 335 g/mol. The summed E-state index contributed by atoms with van der Waals surface area (Å²) in [4.78, 5) is 26.3. The van der Waals surface area contributed by atoms with E-state index < -0.39 is 5.82 Å². The molecule has 0 bridgehead atoms. The van der Waals surface area contributed by atoms with Crippen LogP contribution in [0.25, 0.3) is 0 Å². The summed E-state index contributed by atoms with van der Waals surface area (Å²) < 4.78 is 18.6. The third kappa shape index (κ3) is 2.66. The van der Waals surface area contributed by atoms with Crippen LogP contribution in [-0.2, 0) is 4.74 Å². The fourth-order valence-electron chi connectivity index (χ4n) is 3.15. The minimum absolute atomic E-state index is 0.0784. The molecule has 1 N–H and O–H groups in total. The number of nitrogens with one attached hydrogen (secondary N) is 1. The van der Waals surface area contributed by atoms with Gasteiger partial charge in [0.05, 0.1) is 43.2 Å². The maximum Gasteiger partial charge on any atom is 0.271 e. The molecule has 0 aromatic carbocycles. The molecule has 3 atom stereocenters. The van der Waals surface area contributed by atoms with E-state index in [9.17, 15) is 9.18 Å². The highest BCUT2D eigenvalue weighted by molar-refractivity contribution is 7.07. The zero-order valence-corrected chi connectivity index (χ0v) is 12.9. The molecule has 9 heteroatoms. The van der Waals surface area contributed by atoms with Crippen LogP contribution in [0, 0.1) is 11.7 Å². The first-order chi connectivity index (χ1) is 11.2. The summed E-state index contributed by atoms with van der Waals surface area (Å²) in [6.45, 7) is 1.69. The van der Waals surface area contributed by atoms with Gasteiger partial charge >= 0.3 is 0 Å². The molecule has 0 spiro atoms. The molecule has 0 unspecified atom stereocenters. The monoisotopic (exact) mass is 335 g/mol. The maximum absolute atomic E-state index is 13.0. The number of carbonyl (C=O) groups excluding carboxylic acids is 1. The Balaban J connectivity index is 1.53. The maximum atomic E-state index is 13.0. The number of hydrogen-bond donors (Lipinski definition) is 1. The van der Waals surface area contributed by atoms with Gasteiger partial charge in [0.25, 0.3) is 5.91 Å². The standard InChI is InChI=1S/C14H14FN5O2S/c15-8-1-16-14(17-2-8)20-3-10(9-4-22-5-12(9)20)19-13(21)11-6-23-7-18-11/h1-2,6-7,9-10,12H,3-5H2,(H,19,21)/t9-,10-,12-/m1/s1. The summed E-state index contributed by atoms with van der Waals surface area (Å²) in [5, 5.41) is 4.73. The molecule has 2 aliphatic heterocycles. The second-order valence-electron chi connectivity index (χ2n) is 5.58. The lowest BCUT2D eigenvalue weighted by Gasteiger charge is -2.22. The van der Waals surface area contributed by atoms with Crippen molar-refractivity contribution in [2.45, 2.75) is 12.1 Å². The Labute approximate surface area is 135 Å². The van der Waals surface area contributed by atoms with E-state index >= 15 is 0 Å². The third-order valence-electron chi connectivity index (χ3n) is 4.25. The van der Waals surface area contributed by atoms with Crippen molar-refractivity contribution in [3.05, 3.63) is 34.8 Å². The minimum Gasteiger partial charge on any atom is -0.379 e. The van der Waals surface area contributed by atoms with Gasteiger partial charge in [0.2, 0.25) is 5.95 Å². The molecule has 2 aromatic rings. The number of thiazole rings is 1. The molecule has 2 aromatic heterocycles. The topological polar surface area (TPSA) is 80.2 Å². The van der Waals surface area contributed by atoms with Crippen LogP contribution in [0.3, 0.4) is 0 Å². The fourth-order valence-corrected chi connectivity index (χ4v) is 3.68. The Bertz CT molecular complexity index is 696. The average Bonchev–Trinajstić information content (AvgIpc) is 3.27. The van der Waals surface area contributed by atoms with Gasteiger partial charge in [-0.05, 0) is 0 Å². The summed E-state index contributed by atoms with van der Waals surface area (Å²) in [5.41, 5.74) is 2.05. The zero-order chi connectivity index (χ0) is 15.8. The number of halogens is 1. The number of rotatable bonds is 3. The molecule has 0 aliphatic carbocycles. The highest BCUT2D eigenvalue weighted by atomic mass is 32.1. The van der Waals surface area contributed by atoms with Gasteiger partial charge in [0, 0.05) is 17.8 Å². The van der Waals surface area contributed by atoms with Gasteiger partial charge < -0.3 is 15.0 Å². The van der Waals surface area contributed by atoms with Crippen molar-refractivity contribution < 1.29 is 13.9 Å². The van der Waals surface area contributed by atoms with Crippen molar-refractivity contribution in [2.75, 3.05) is 24.7 Å².